The Kier molecular flexibility index (Phi) is 4.30. The zero-order valence-electron chi connectivity index (χ0n) is 15.8. The number of hydrogen-bond donors (Lipinski definition) is 1. The minimum Gasteiger partial charge on any atom is -0.354 e. The maximum absolute atomic E-state index is 13.5. The summed E-state index contributed by atoms with van der Waals surface area (Å²) in [5.74, 6) is 0.0213. The molecule has 0 saturated carbocycles. The Morgan fingerprint density at radius 3 is 1.93 bits per heavy atom. The summed E-state index contributed by atoms with van der Waals surface area (Å²) in [6.07, 6.45) is 0. The van der Waals surface area contributed by atoms with Gasteiger partial charge in [0.1, 0.15) is 0 Å². The molecule has 0 fully saturated rings. The number of carbonyl (C=O) groups excluding carboxylic acids is 1. The van der Waals surface area contributed by atoms with Gasteiger partial charge in [0.15, 0.2) is 5.78 Å². The normalized spacial score (nSPS) is 10.9. The van der Waals surface area contributed by atoms with Gasteiger partial charge in [0, 0.05) is 16.8 Å². The molecule has 138 valence electrons. The number of benzene rings is 4. The molecule has 2 nitrogen and oxygen atoms in total. The zero-order valence-corrected chi connectivity index (χ0v) is 15.8. The third kappa shape index (κ3) is 3.26. The van der Waals surface area contributed by atoms with E-state index in [2.05, 4.69) is 11.1 Å². The van der Waals surface area contributed by atoms with Crippen molar-refractivity contribution in [3.05, 3.63) is 120 Å². The lowest BCUT2D eigenvalue weighted by Crippen LogP contribution is -2.02. The SMILES string of the molecule is O=C(c1ccc2ccccc2c1)c1cc(-c2ccccc2)[nH]c1-c1ccccc1. The Morgan fingerprint density at radius 1 is 0.586 bits per heavy atom. The summed E-state index contributed by atoms with van der Waals surface area (Å²) in [5, 5.41) is 2.20. The zero-order chi connectivity index (χ0) is 19.6. The van der Waals surface area contributed by atoms with Crippen LogP contribution < -0.4 is 0 Å². The Balaban J connectivity index is 1.66. The maximum atomic E-state index is 13.5. The van der Waals surface area contributed by atoms with E-state index in [1.54, 1.807) is 0 Å². The summed E-state index contributed by atoms with van der Waals surface area (Å²) in [6.45, 7) is 0. The number of carbonyl (C=O) groups is 1. The highest BCUT2D eigenvalue weighted by molar-refractivity contribution is 6.14. The summed E-state index contributed by atoms with van der Waals surface area (Å²) >= 11 is 0. The molecule has 0 aliphatic carbocycles. The molecule has 29 heavy (non-hydrogen) atoms. The van der Waals surface area contributed by atoms with Crippen LogP contribution in [0.3, 0.4) is 0 Å². The molecule has 5 rings (SSSR count). The van der Waals surface area contributed by atoms with Gasteiger partial charge in [0.25, 0.3) is 0 Å². The summed E-state index contributed by atoms with van der Waals surface area (Å²) in [7, 11) is 0. The lowest BCUT2D eigenvalue weighted by Gasteiger charge is -2.05. The minimum absolute atomic E-state index is 0.0213. The van der Waals surface area contributed by atoms with Crippen molar-refractivity contribution in [2.45, 2.75) is 0 Å². The van der Waals surface area contributed by atoms with Gasteiger partial charge in [-0.1, -0.05) is 97.1 Å². The first kappa shape index (κ1) is 17.2. The van der Waals surface area contributed by atoms with Crippen molar-refractivity contribution in [3.8, 4) is 22.5 Å². The fraction of sp³-hybridized carbons (Fsp3) is 0. The molecule has 2 heteroatoms. The molecular weight excluding hydrogens is 354 g/mol. The molecule has 1 aromatic heterocycles. The second kappa shape index (κ2) is 7.25. The Hall–Kier alpha value is -3.91. The molecule has 0 radical (unpaired) electrons. The van der Waals surface area contributed by atoms with E-state index in [-0.39, 0.29) is 5.78 Å². The number of fused-ring (bicyclic) bond motifs is 1. The van der Waals surface area contributed by atoms with E-state index in [4.69, 9.17) is 0 Å². The fourth-order valence-corrected chi connectivity index (χ4v) is 3.73. The third-order valence-corrected chi connectivity index (χ3v) is 5.22. The maximum Gasteiger partial charge on any atom is 0.195 e. The van der Waals surface area contributed by atoms with Crippen molar-refractivity contribution in [1.29, 1.82) is 0 Å². The molecule has 0 spiro atoms. The number of nitrogens with one attached hydrogen (secondary N) is 1. The number of hydrogen-bond acceptors (Lipinski definition) is 1. The summed E-state index contributed by atoms with van der Waals surface area (Å²) in [5.41, 5.74) is 5.22. The molecule has 0 amide bonds. The topological polar surface area (TPSA) is 32.9 Å². The average Bonchev–Trinajstić information content (AvgIpc) is 3.25. The van der Waals surface area contributed by atoms with E-state index >= 15 is 0 Å². The summed E-state index contributed by atoms with van der Waals surface area (Å²) < 4.78 is 0. The molecule has 0 bridgehead atoms. The number of rotatable bonds is 4. The first-order valence-corrected chi connectivity index (χ1v) is 9.67. The van der Waals surface area contributed by atoms with Gasteiger partial charge in [-0.3, -0.25) is 4.79 Å². The standard InChI is InChI=1S/C27H19NO/c29-27(23-16-15-19-9-7-8-14-22(19)17-23)24-18-25(20-10-3-1-4-11-20)28-26(24)21-12-5-2-6-13-21/h1-18,28H. The smallest absolute Gasteiger partial charge is 0.195 e. The number of aromatic amines is 1. The van der Waals surface area contributed by atoms with Crippen molar-refractivity contribution in [2.24, 2.45) is 0 Å². The van der Waals surface area contributed by atoms with Crippen LogP contribution in [0.15, 0.2) is 109 Å². The minimum atomic E-state index is 0.0213. The molecule has 0 unspecified atom stereocenters. The van der Waals surface area contributed by atoms with E-state index in [1.165, 1.54) is 0 Å². The van der Waals surface area contributed by atoms with E-state index in [9.17, 15) is 4.79 Å². The largest absolute Gasteiger partial charge is 0.354 e. The predicted molar refractivity (Wildman–Crippen MR) is 119 cm³/mol. The quantitative estimate of drug-likeness (QED) is 0.348. The van der Waals surface area contributed by atoms with E-state index in [0.29, 0.717) is 11.1 Å². The summed E-state index contributed by atoms with van der Waals surface area (Å²) in [4.78, 5) is 17.0. The first-order valence-electron chi connectivity index (χ1n) is 9.67. The monoisotopic (exact) mass is 373 g/mol. The van der Waals surface area contributed by atoms with Gasteiger partial charge in [-0.15, -0.1) is 0 Å². The van der Waals surface area contributed by atoms with Crippen LogP contribution in [0.1, 0.15) is 15.9 Å². The number of ketones is 1. The first-order chi connectivity index (χ1) is 14.3. The van der Waals surface area contributed by atoms with Crippen LogP contribution in [0.2, 0.25) is 0 Å². The van der Waals surface area contributed by atoms with Crippen molar-refractivity contribution < 1.29 is 4.79 Å². The highest BCUT2D eigenvalue weighted by Gasteiger charge is 2.19. The fourth-order valence-electron chi connectivity index (χ4n) is 3.73. The van der Waals surface area contributed by atoms with Gasteiger partial charge in [-0.2, -0.15) is 0 Å². The van der Waals surface area contributed by atoms with Gasteiger partial charge in [0.2, 0.25) is 0 Å². The van der Waals surface area contributed by atoms with Crippen LogP contribution in [-0.4, -0.2) is 10.8 Å². The van der Waals surface area contributed by atoms with Crippen molar-refractivity contribution in [1.82, 2.24) is 4.98 Å². The van der Waals surface area contributed by atoms with E-state index < -0.39 is 0 Å². The van der Waals surface area contributed by atoms with Gasteiger partial charge >= 0.3 is 0 Å². The van der Waals surface area contributed by atoms with Crippen LogP contribution >= 0.6 is 0 Å². The van der Waals surface area contributed by atoms with Crippen molar-refractivity contribution in [3.63, 3.8) is 0 Å². The molecule has 5 aromatic rings. The highest BCUT2D eigenvalue weighted by Crippen LogP contribution is 2.31. The Labute approximate surface area is 169 Å². The number of aromatic nitrogens is 1. The lowest BCUT2D eigenvalue weighted by molar-refractivity contribution is 0.103. The van der Waals surface area contributed by atoms with Crippen molar-refractivity contribution in [2.75, 3.05) is 0 Å². The second-order valence-corrected chi connectivity index (χ2v) is 7.09. The Morgan fingerprint density at radius 2 is 1.21 bits per heavy atom. The molecule has 1 N–H and O–H groups in total. The predicted octanol–water partition coefficient (Wildman–Crippen LogP) is 6.73. The molecule has 0 saturated heterocycles. The van der Waals surface area contributed by atoms with Crippen molar-refractivity contribution >= 4 is 16.6 Å². The molecule has 0 aliphatic rings. The van der Waals surface area contributed by atoms with Crippen LogP contribution in [-0.2, 0) is 0 Å². The molecule has 0 atom stereocenters. The van der Waals surface area contributed by atoms with E-state index in [0.717, 1.165) is 33.3 Å². The molecule has 1 heterocycles. The molecular formula is C27H19NO. The number of H-pyrrole nitrogens is 1. The summed E-state index contributed by atoms with van der Waals surface area (Å²) in [6, 6.07) is 36.1. The van der Waals surface area contributed by atoms with Gasteiger partial charge in [0.05, 0.1) is 5.69 Å². The molecule has 0 aliphatic heterocycles. The average molecular weight is 373 g/mol. The van der Waals surface area contributed by atoms with Crippen LogP contribution in [0.25, 0.3) is 33.3 Å². The van der Waals surface area contributed by atoms with Crippen LogP contribution in [0.5, 0.6) is 0 Å². The second-order valence-electron chi connectivity index (χ2n) is 7.09. The highest BCUT2D eigenvalue weighted by atomic mass is 16.1. The molecule has 4 aromatic carbocycles. The third-order valence-electron chi connectivity index (χ3n) is 5.22. The van der Waals surface area contributed by atoms with Gasteiger partial charge in [-0.25, -0.2) is 0 Å². The lowest BCUT2D eigenvalue weighted by atomic mass is 9.97. The van der Waals surface area contributed by atoms with E-state index in [1.807, 2.05) is 103 Å². The van der Waals surface area contributed by atoms with Gasteiger partial charge < -0.3 is 4.98 Å². The van der Waals surface area contributed by atoms with Crippen LogP contribution in [0.4, 0.5) is 0 Å². The Bertz CT molecular complexity index is 1300. The van der Waals surface area contributed by atoms with Gasteiger partial charge in [-0.05, 0) is 34.0 Å². The van der Waals surface area contributed by atoms with Crippen LogP contribution in [0, 0.1) is 0 Å².